The van der Waals surface area contributed by atoms with Gasteiger partial charge in [-0.25, -0.2) is 13.6 Å². The van der Waals surface area contributed by atoms with E-state index in [1.165, 1.54) is 11.8 Å². The first-order valence-electron chi connectivity index (χ1n) is 5.53. The van der Waals surface area contributed by atoms with Gasteiger partial charge in [0.15, 0.2) is 0 Å². The molecule has 1 aliphatic heterocycles. The zero-order valence-electron chi connectivity index (χ0n) is 9.78. The van der Waals surface area contributed by atoms with Gasteiger partial charge in [-0.1, -0.05) is 0 Å². The molecule has 2 rings (SSSR count). The molecule has 0 aromatic heterocycles. The number of carboxylic acids is 1. The van der Waals surface area contributed by atoms with Crippen LogP contribution in [0.5, 0.6) is 0 Å². The van der Waals surface area contributed by atoms with Crippen molar-refractivity contribution in [3.8, 4) is 0 Å². The summed E-state index contributed by atoms with van der Waals surface area (Å²) in [5.41, 5.74) is -1.89. The van der Waals surface area contributed by atoms with E-state index in [4.69, 9.17) is 0 Å². The van der Waals surface area contributed by atoms with Gasteiger partial charge in [-0.05, 0) is 30.4 Å². The lowest BCUT2D eigenvalue weighted by molar-refractivity contribution is -0.143. The number of nitrogens with one attached hydrogen (secondary N) is 1. The van der Waals surface area contributed by atoms with Crippen LogP contribution in [0.1, 0.15) is 16.8 Å². The third-order valence-electron chi connectivity index (χ3n) is 2.96. The number of rotatable bonds is 3. The van der Waals surface area contributed by atoms with E-state index in [1.54, 1.807) is 0 Å². The number of amides is 1. The van der Waals surface area contributed by atoms with E-state index in [9.17, 15) is 23.5 Å². The Morgan fingerprint density at radius 3 is 2.68 bits per heavy atom. The van der Waals surface area contributed by atoms with Gasteiger partial charge in [-0.3, -0.25) is 4.79 Å². The molecule has 2 N–H and O–H groups in total. The van der Waals surface area contributed by atoms with Gasteiger partial charge < -0.3 is 10.4 Å². The highest BCUT2D eigenvalue weighted by atomic mass is 32.2. The molecule has 1 fully saturated rings. The van der Waals surface area contributed by atoms with E-state index < -0.39 is 34.6 Å². The van der Waals surface area contributed by atoms with Crippen LogP contribution in [-0.4, -0.2) is 34.0 Å². The lowest BCUT2D eigenvalue weighted by atomic mass is 9.98. The second-order valence-electron chi connectivity index (χ2n) is 4.27. The summed E-state index contributed by atoms with van der Waals surface area (Å²) in [5.74, 6) is -2.91. The van der Waals surface area contributed by atoms with Crippen molar-refractivity contribution >= 4 is 23.6 Å². The van der Waals surface area contributed by atoms with Crippen LogP contribution in [0.4, 0.5) is 8.78 Å². The van der Waals surface area contributed by atoms with Crippen LogP contribution in [0.3, 0.4) is 0 Å². The monoisotopic (exact) mass is 287 g/mol. The minimum Gasteiger partial charge on any atom is -0.479 e. The first-order chi connectivity index (χ1) is 8.94. The lowest BCUT2D eigenvalue weighted by Gasteiger charge is -2.24. The predicted octanol–water partition coefficient (Wildman–Crippen LogP) is 1.65. The maximum Gasteiger partial charge on any atom is 0.330 e. The molecule has 1 aromatic rings. The maximum atomic E-state index is 13.4. The quantitative estimate of drug-likeness (QED) is 0.887. The highest BCUT2D eigenvalue weighted by Crippen LogP contribution is 2.28. The van der Waals surface area contributed by atoms with Crippen molar-refractivity contribution in [1.82, 2.24) is 5.32 Å². The summed E-state index contributed by atoms with van der Waals surface area (Å²) in [7, 11) is 0. The van der Waals surface area contributed by atoms with Crippen molar-refractivity contribution in [1.29, 1.82) is 0 Å². The van der Waals surface area contributed by atoms with E-state index in [2.05, 4.69) is 5.32 Å². The SMILES string of the molecule is O=C(N[C@@]1(C(=O)O)CCSC1)c1cc(F)ccc1F. The number of carbonyl (C=O) groups is 2. The number of hydrogen-bond acceptors (Lipinski definition) is 3. The summed E-state index contributed by atoms with van der Waals surface area (Å²) in [6, 6.07) is 2.48. The van der Waals surface area contributed by atoms with Crippen molar-refractivity contribution in [2.24, 2.45) is 0 Å². The van der Waals surface area contributed by atoms with Crippen LogP contribution in [0.15, 0.2) is 18.2 Å². The fraction of sp³-hybridized carbons (Fsp3) is 0.333. The van der Waals surface area contributed by atoms with Crippen LogP contribution < -0.4 is 5.32 Å². The zero-order chi connectivity index (χ0) is 14.0. The molecular weight excluding hydrogens is 276 g/mol. The normalized spacial score (nSPS) is 22.2. The van der Waals surface area contributed by atoms with Gasteiger partial charge in [-0.2, -0.15) is 11.8 Å². The van der Waals surface area contributed by atoms with Crippen molar-refractivity contribution in [2.75, 3.05) is 11.5 Å². The van der Waals surface area contributed by atoms with Gasteiger partial charge in [0, 0.05) is 5.75 Å². The number of hydrogen-bond donors (Lipinski definition) is 2. The largest absolute Gasteiger partial charge is 0.479 e. The smallest absolute Gasteiger partial charge is 0.330 e. The Kier molecular flexibility index (Phi) is 3.75. The molecule has 0 bridgehead atoms. The third kappa shape index (κ3) is 2.70. The molecule has 1 amide bonds. The molecule has 1 heterocycles. The molecule has 1 saturated heterocycles. The number of carboxylic acid groups (broad SMARTS) is 1. The van der Waals surface area contributed by atoms with Crippen molar-refractivity contribution in [2.45, 2.75) is 12.0 Å². The topological polar surface area (TPSA) is 66.4 Å². The maximum absolute atomic E-state index is 13.4. The molecule has 0 spiro atoms. The average molecular weight is 287 g/mol. The predicted molar refractivity (Wildman–Crippen MR) is 66.1 cm³/mol. The number of halogens is 2. The summed E-state index contributed by atoms with van der Waals surface area (Å²) in [4.78, 5) is 23.1. The molecule has 0 radical (unpaired) electrons. The molecule has 7 heteroatoms. The Morgan fingerprint density at radius 1 is 1.37 bits per heavy atom. The molecule has 1 aliphatic rings. The van der Waals surface area contributed by atoms with Gasteiger partial charge in [-0.15, -0.1) is 0 Å². The van der Waals surface area contributed by atoms with E-state index in [0.717, 1.165) is 18.2 Å². The highest BCUT2D eigenvalue weighted by Gasteiger charge is 2.43. The van der Waals surface area contributed by atoms with Gasteiger partial charge in [0.25, 0.3) is 5.91 Å². The summed E-state index contributed by atoms with van der Waals surface area (Å²) < 4.78 is 26.4. The fourth-order valence-corrected chi connectivity index (χ4v) is 3.17. The van der Waals surface area contributed by atoms with Crippen LogP contribution in [0.25, 0.3) is 0 Å². The number of aliphatic carboxylic acids is 1. The fourth-order valence-electron chi connectivity index (χ4n) is 1.84. The third-order valence-corrected chi connectivity index (χ3v) is 4.15. The second kappa shape index (κ2) is 5.16. The van der Waals surface area contributed by atoms with Crippen molar-refractivity contribution in [3.63, 3.8) is 0 Å². The Labute approximate surface area is 112 Å². The average Bonchev–Trinajstić information content (AvgIpc) is 2.82. The van der Waals surface area contributed by atoms with Crippen molar-refractivity contribution in [3.05, 3.63) is 35.4 Å². The highest BCUT2D eigenvalue weighted by molar-refractivity contribution is 7.99. The van der Waals surface area contributed by atoms with Gasteiger partial charge >= 0.3 is 5.97 Å². The summed E-state index contributed by atoms with van der Waals surface area (Å²) in [6.07, 6.45) is 0.260. The zero-order valence-corrected chi connectivity index (χ0v) is 10.6. The van der Waals surface area contributed by atoms with Gasteiger partial charge in [0.2, 0.25) is 0 Å². The number of carbonyl (C=O) groups excluding carboxylic acids is 1. The van der Waals surface area contributed by atoms with E-state index in [-0.39, 0.29) is 12.2 Å². The minimum atomic E-state index is -1.40. The van der Waals surface area contributed by atoms with Gasteiger partial charge in [0.05, 0.1) is 5.56 Å². The van der Waals surface area contributed by atoms with Crippen LogP contribution in [-0.2, 0) is 4.79 Å². The van der Waals surface area contributed by atoms with E-state index >= 15 is 0 Å². The van der Waals surface area contributed by atoms with Gasteiger partial charge in [0.1, 0.15) is 17.2 Å². The molecule has 4 nitrogen and oxygen atoms in total. The van der Waals surface area contributed by atoms with Crippen LogP contribution >= 0.6 is 11.8 Å². The molecule has 0 aliphatic carbocycles. The molecule has 0 unspecified atom stereocenters. The first kappa shape index (κ1) is 13.8. The molecule has 102 valence electrons. The lowest BCUT2D eigenvalue weighted by Crippen LogP contribution is -2.54. The molecular formula is C12H11F2NO3S. The molecule has 1 atom stereocenters. The molecule has 1 aromatic carbocycles. The standard InChI is InChI=1S/C12H11F2NO3S/c13-7-1-2-9(14)8(5-7)10(16)15-12(11(17)18)3-4-19-6-12/h1-2,5H,3-4,6H2,(H,15,16)(H,17,18)/t12-/m0/s1. The Hall–Kier alpha value is -1.63. The minimum absolute atomic E-state index is 0.213. The molecule has 0 saturated carbocycles. The van der Waals surface area contributed by atoms with Crippen LogP contribution in [0, 0.1) is 11.6 Å². The summed E-state index contributed by atoms with van der Waals surface area (Å²) in [5, 5.41) is 11.5. The van der Waals surface area contributed by atoms with Crippen molar-refractivity contribution < 1.29 is 23.5 Å². The Morgan fingerprint density at radius 2 is 2.11 bits per heavy atom. The Bertz CT molecular complexity index is 530. The number of thioether (sulfide) groups is 1. The van der Waals surface area contributed by atoms with Crippen LogP contribution in [0.2, 0.25) is 0 Å². The summed E-state index contributed by atoms with van der Waals surface area (Å²) in [6.45, 7) is 0. The first-order valence-corrected chi connectivity index (χ1v) is 6.69. The van der Waals surface area contributed by atoms with E-state index in [1.807, 2.05) is 0 Å². The number of benzene rings is 1. The van der Waals surface area contributed by atoms with E-state index in [0.29, 0.717) is 5.75 Å². The Balaban J connectivity index is 2.25. The molecule has 19 heavy (non-hydrogen) atoms. The summed E-state index contributed by atoms with van der Waals surface area (Å²) >= 11 is 1.39. The second-order valence-corrected chi connectivity index (χ2v) is 5.37.